The lowest BCUT2D eigenvalue weighted by Crippen LogP contribution is -2.15. The second-order valence-electron chi connectivity index (χ2n) is 6.63. The third kappa shape index (κ3) is 3.75. The number of para-hydroxylation sites is 1. The van der Waals surface area contributed by atoms with E-state index in [1.165, 1.54) is 5.39 Å². The Hall–Kier alpha value is -3.40. The van der Waals surface area contributed by atoms with E-state index in [0.717, 1.165) is 27.9 Å². The molecule has 4 nitrogen and oxygen atoms in total. The van der Waals surface area contributed by atoms with Crippen LogP contribution in [0.5, 0.6) is 0 Å². The van der Waals surface area contributed by atoms with Crippen LogP contribution in [-0.4, -0.2) is 15.5 Å². The van der Waals surface area contributed by atoms with Gasteiger partial charge in [-0.2, -0.15) is 0 Å². The Morgan fingerprint density at radius 3 is 2.67 bits per heavy atom. The van der Waals surface area contributed by atoms with Crippen LogP contribution < -0.4 is 5.32 Å². The summed E-state index contributed by atoms with van der Waals surface area (Å²) in [6.07, 6.45) is 6.01. The summed E-state index contributed by atoms with van der Waals surface area (Å²) in [4.78, 5) is 16.6. The Bertz CT molecular complexity index is 1080. The normalized spacial score (nSPS) is 10.9. The zero-order valence-electron chi connectivity index (χ0n) is 15.2. The number of hydrogen-bond acceptors (Lipinski definition) is 2. The Morgan fingerprint density at radius 2 is 1.81 bits per heavy atom. The van der Waals surface area contributed by atoms with E-state index >= 15 is 0 Å². The van der Waals surface area contributed by atoms with Crippen molar-refractivity contribution in [1.29, 1.82) is 0 Å². The van der Waals surface area contributed by atoms with Crippen molar-refractivity contribution in [2.24, 2.45) is 0 Å². The van der Waals surface area contributed by atoms with E-state index in [4.69, 9.17) is 0 Å². The van der Waals surface area contributed by atoms with E-state index in [1.54, 1.807) is 12.4 Å². The molecule has 1 amide bonds. The van der Waals surface area contributed by atoms with E-state index in [1.807, 2.05) is 49.5 Å². The summed E-state index contributed by atoms with van der Waals surface area (Å²) in [7, 11) is 0. The number of carbonyl (C=O) groups excluding carboxylic acids is 1. The van der Waals surface area contributed by atoms with Crippen LogP contribution in [0.4, 0.5) is 5.69 Å². The second kappa shape index (κ2) is 7.46. The first kappa shape index (κ1) is 17.0. The van der Waals surface area contributed by atoms with E-state index in [0.29, 0.717) is 13.0 Å². The van der Waals surface area contributed by atoms with Crippen molar-refractivity contribution in [1.82, 2.24) is 9.55 Å². The number of aromatic nitrogens is 2. The van der Waals surface area contributed by atoms with Crippen molar-refractivity contribution in [3.8, 4) is 11.1 Å². The van der Waals surface area contributed by atoms with Gasteiger partial charge in [-0.15, -0.1) is 0 Å². The summed E-state index contributed by atoms with van der Waals surface area (Å²) in [5.74, 6) is 0.0164. The molecule has 0 bridgehead atoms. The summed E-state index contributed by atoms with van der Waals surface area (Å²) < 4.78 is 2.12. The molecule has 0 aliphatic heterocycles. The summed E-state index contributed by atoms with van der Waals surface area (Å²) in [6, 6.07) is 20.3. The van der Waals surface area contributed by atoms with E-state index in [-0.39, 0.29) is 5.91 Å². The van der Waals surface area contributed by atoms with Gasteiger partial charge in [0.2, 0.25) is 5.91 Å². The molecule has 2 aromatic heterocycles. The first-order chi connectivity index (χ1) is 13.2. The van der Waals surface area contributed by atoms with Gasteiger partial charge in [0, 0.05) is 42.8 Å². The molecule has 0 aliphatic rings. The van der Waals surface area contributed by atoms with Gasteiger partial charge in [0.25, 0.3) is 0 Å². The minimum atomic E-state index is 0.0164. The fourth-order valence-electron chi connectivity index (χ4n) is 3.25. The number of pyridine rings is 1. The maximum Gasteiger partial charge on any atom is 0.226 e. The lowest BCUT2D eigenvalue weighted by Gasteiger charge is -2.11. The van der Waals surface area contributed by atoms with Gasteiger partial charge in [0.1, 0.15) is 0 Å². The van der Waals surface area contributed by atoms with E-state index < -0.39 is 0 Å². The Balaban J connectivity index is 1.46. The van der Waals surface area contributed by atoms with Gasteiger partial charge in [-0.05, 0) is 59.3 Å². The number of anilines is 1. The molecule has 4 aromatic rings. The molecule has 2 heterocycles. The number of nitrogens with one attached hydrogen (secondary N) is 1. The lowest BCUT2D eigenvalue weighted by atomic mass is 10.0. The van der Waals surface area contributed by atoms with Crippen LogP contribution in [0.3, 0.4) is 0 Å². The molecule has 0 atom stereocenters. The fraction of sp³-hybridized carbons (Fsp3) is 0.130. The smallest absolute Gasteiger partial charge is 0.226 e. The van der Waals surface area contributed by atoms with Crippen LogP contribution in [0.2, 0.25) is 0 Å². The third-order valence-electron chi connectivity index (χ3n) is 4.79. The first-order valence-corrected chi connectivity index (χ1v) is 9.05. The van der Waals surface area contributed by atoms with Crippen molar-refractivity contribution < 1.29 is 4.79 Å². The quantitative estimate of drug-likeness (QED) is 0.545. The summed E-state index contributed by atoms with van der Waals surface area (Å²) in [5.41, 5.74) is 5.20. The van der Waals surface area contributed by atoms with Crippen LogP contribution in [-0.2, 0) is 11.3 Å². The second-order valence-corrected chi connectivity index (χ2v) is 6.63. The molecule has 27 heavy (non-hydrogen) atoms. The predicted octanol–water partition coefficient (Wildman–Crippen LogP) is 5.04. The number of hydrogen-bond donors (Lipinski definition) is 1. The highest BCUT2D eigenvalue weighted by molar-refractivity contribution is 5.92. The predicted molar refractivity (Wildman–Crippen MR) is 110 cm³/mol. The van der Waals surface area contributed by atoms with Gasteiger partial charge in [0.15, 0.2) is 0 Å². The highest BCUT2D eigenvalue weighted by atomic mass is 16.1. The van der Waals surface area contributed by atoms with Crippen molar-refractivity contribution in [3.63, 3.8) is 0 Å². The average molecular weight is 355 g/mol. The van der Waals surface area contributed by atoms with Crippen molar-refractivity contribution in [2.75, 3.05) is 5.32 Å². The first-order valence-electron chi connectivity index (χ1n) is 9.05. The molecule has 0 radical (unpaired) electrons. The molecule has 0 spiro atoms. The van der Waals surface area contributed by atoms with E-state index in [9.17, 15) is 4.79 Å². The van der Waals surface area contributed by atoms with Crippen molar-refractivity contribution >= 4 is 22.5 Å². The molecule has 2 aromatic carbocycles. The van der Waals surface area contributed by atoms with Crippen LogP contribution in [0.25, 0.3) is 22.0 Å². The number of rotatable bonds is 5. The largest absolute Gasteiger partial charge is 0.347 e. The van der Waals surface area contributed by atoms with Crippen LogP contribution in [0, 0.1) is 6.92 Å². The highest BCUT2D eigenvalue weighted by Gasteiger charge is 2.08. The van der Waals surface area contributed by atoms with Gasteiger partial charge in [-0.3, -0.25) is 9.78 Å². The number of amides is 1. The lowest BCUT2D eigenvalue weighted by molar-refractivity contribution is -0.116. The Morgan fingerprint density at radius 1 is 1.00 bits per heavy atom. The fourth-order valence-corrected chi connectivity index (χ4v) is 3.25. The number of carbonyl (C=O) groups is 1. The van der Waals surface area contributed by atoms with Crippen molar-refractivity contribution in [2.45, 2.75) is 19.9 Å². The molecule has 1 N–H and O–H groups in total. The topological polar surface area (TPSA) is 46.9 Å². The van der Waals surface area contributed by atoms with E-state index in [2.05, 4.69) is 39.1 Å². The van der Waals surface area contributed by atoms with Gasteiger partial charge in [-0.1, -0.05) is 30.3 Å². The molecule has 0 unspecified atom stereocenters. The molecule has 0 saturated carbocycles. The summed E-state index contributed by atoms with van der Waals surface area (Å²) >= 11 is 0. The van der Waals surface area contributed by atoms with Crippen LogP contribution in [0.1, 0.15) is 12.0 Å². The SMILES string of the molecule is Cc1ccc(-c2ccncc2)cc1NC(=O)CCn1ccc2ccccc21. The standard InChI is InChI=1S/C23H21N3O/c1-17-6-7-20(18-8-12-24-13-9-18)16-21(17)25-23(27)11-15-26-14-10-19-4-2-3-5-22(19)26/h2-10,12-14,16H,11,15H2,1H3,(H,25,27). The molecule has 0 fully saturated rings. The monoisotopic (exact) mass is 355 g/mol. The number of benzene rings is 2. The highest BCUT2D eigenvalue weighted by Crippen LogP contribution is 2.25. The number of fused-ring (bicyclic) bond motifs is 1. The van der Waals surface area contributed by atoms with Gasteiger partial charge < -0.3 is 9.88 Å². The Labute approximate surface area is 158 Å². The zero-order chi connectivity index (χ0) is 18.6. The summed E-state index contributed by atoms with van der Waals surface area (Å²) in [6.45, 7) is 2.66. The molecular formula is C23H21N3O. The third-order valence-corrected chi connectivity index (χ3v) is 4.79. The molecular weight excluding hydrogens is 334 g/mol. The average Bonchev–Trinajstić information content (AvgIpc) is 3.12. The molecule has 4 rings (SSSR count). The van der Waals surface area contributed by atoms with Gasteiger partial charge in [-0.25, -0.2) is 0 Å². The van der Waals surface area contributed by atoms with Gasteiger partial charge >= 0.3 is 0 Å². The number of aryl methyl sites for hydroxylation is 2. The van der Waals surface area contributed by atoms with Crippen LogP contribution in [0.15, 0.2) is 79.3 Å². The zero-order valence-corrected chi connectivity index (χ0v) is 15.2. The molecule has 134 valence electrons. The molecule has 0 aliphatic carbocycles. The maximum atomic E-state index is 12.5. The summed E-state index contributed by atoms with van der Waals surface area (Å²) in [5, 5.41) is 4.26. The van der Waals surface area contributed by atoms with Crippen LogP contribution >= 0.6 is 0 Å². The van der Waals surface area contributed by atoms with Gasteiger partial charge in [0.05, 0.1) is 0 Å². The Kier molecular flexibility index (Phi) is 4.71. The molecule has 0 saturated heterocycles. The maximum absolute atomic E-state index is 12.5. The minimum Gasteiger partial charge on any atom is -0.347 e. The minimum absolute atomic E-state index is 0.0164. The van der Waals surface area contributed by atoms with Crippen molar-refractivity contribution in [3.05, 3.63) is 84.8 Å². The molecule has 4 heteroatoms. The number of nitrogens with zero attached hydrogens (tertiary/aromatic N) is 2.